The summed E-state index contributed by atoms with van der Waals surface area (Å²) < 4.78 is 0. The van der Waals surface area contributed by atoms with Crippen molar-refractivity contribution in [3.8, 4) is 0 Å². The number of likely N-dealkylation sites (tertiary alicyclic amines) is 1. The van der Waals surface area contributed by atoms with Crippen LogP contribution in [-0.4, -0.2) is 25.5 Å². The largest absolute Gasteiger partial charge is 0.327 e. The van der Waals surface area contributed by atoms with Gasteiger partial charge in [-0.25, -0.2) is 0 Å². The van der Waals surface area contributed by atoms with Crippen LogP contribution in [0, 0.1) is 5.92 Å². The van der Waals surface area contributed by atoms with E-state index in [4.69, 9.17) is 11.6 Å². The molecule has 1 saturated heterocycles. The van der Waals surface area contributed by atoms with Crippen LogP contribution < -0.4 is 10.2 Å². The number of hydrogen-bond acceptors (Lipinski definition) is 1. The zero-order chi connectivity index (χ0) is 13.0. The van der Waals surface area contributed by atoms with Gasteiger partial charge in [0.1, 0.15) is 0 Å². The molecule has 0 unspecified atom stereocenters. The molecule has 0 aliphatic carbocycles. The highest BCUT2D eigenvalue weighted by atomic mass is 35.5. The van der Waals surface area contributed by atoms with E-state index in [2.05, 4.69) is 12.2 Å². The van der Waals surface area contributed by atoms with Crippen molar-refractivity contribution in [2.45, 2.75) is 19.8 Å². The quantitative estimate of drug-likeness (QED) is 0.857. The molecule has 1 heterocycles. The molecule has 1 aromatic rings. The first-order valence-corrected chi connectivity index (χ1v) is 6.90. The minimum absolute atomic E-state index is 0.0711. The number of carbonyl (C=O) groups is 1. The second kappa shape index (κ2) is 6.21. The molecule has 0 atom stereocenters. The summed E-state index contributed by atoms with van der Waals surface area (Å²) in [7, 11) is 0. The van der Waals surface area contributed by atoms with E-state index in [1.165, 1.54) is 17.7 Å². The van der Waals surface area contributed by atoms with E-state index in [0.29, 0.717) is 11.6 Å². The highest BCUT2D eigenvalue weighted by Crippen LogP contribution is 2.14. The van der Waals surface area contributed by atoms with Gasteiger partial charge in [-0.1, -0.05) is 24.6 Å². The number of nitrogens with one attached hydrogen (secondary N) is 2. The molecule has 1 aliphatic rings. The number of anilines is 1. The van der Waals surface area contributed by atoms with Gasteiger partial charge in [-0.05, 0) is 37.0 Å². The van der Waals surface area contributed by atoms with Gasteiger partial charge in [-0.2, -0.15) is 0 Å². The van der Waals surface area contributed by atoms with Gasteiger partial charge in [-0.15, -0.1) is 0 Å². The van der Waals surface area contributed by atoms with Crippen molar-refractivity contribution >= 4 is 23.2 Å². The van der Waals surface area contributed by atoms with Crippen molar-refractivity contribution in [3.05, 3.63) is 29.3 Å². The SMILES string of the molecule is CC1CC[NH+](CC(=O)Nc2cccc(Cl)c2)CC1. The normalized spacial score (nSPS) is 23.7. The third-order valence-corrected chi connectivity index (χ3v) is 3.74. The molecule has 2 rings (SSSR count). The predicted molar refractivity (Wildman–Crippen MR) is 74.0 cm³/mol. The summed E-state index contributed by atoms with van der Waals surface area (Å²) in [6, 6.07) is 7.27. The molecule has 0 spiro atoms. The second-order valence-corrected chi connectivity index (χ2v) is 5.60. The molecule has 98 valence electrons. The van der Waals surface area contributed by atoms with Gasteiger partial charge in [0, 0.05) is 10.7 Å². The molecule has 3 nitrogen and oxygen atoms in total. The molecular weight excluding hydrogens is 248 g/mol. The summed E-state index contributed by atoms with van der Waals surface area (Å²) in [5, 5.41) is 3.54. The number of rotatable bonds is 3. The fraction of sp³-hybridized carbons (Fsp3) is 0.500. The zero-order valence-electron chi connectivity index (χ0n) is 10.7. The second-order valence-electron chi connectivity index (χ2n) is 5.17. The lowest BCUT2D eigenvalue weighted by Gasteiger charge is -2.26. The standard InChI is InChI=1S/C14H19ClN2O/c1-11-5-7-17(8-6-11)10-14(18)16-13-4-2-3-12(15)9-13/h2-4,9,11H,5-8,10H2,1H3,(H,16,18)/p+1. The Labute approximate surface area is 113 Å². The first kappa shape index (κ1) is 13.4. The Morgan fingerprint density at radius 2 is 2.17 bits per heavy atom. The van der Waals surface area contributed by atoms with Crippen molar-refractivity contribution < 1.29 is 9.69 Å². The molecular formula is C14H20ClN2O+. The highest BCUT2D eigenvalue weighted by Gasteiger charge is 2.21. The van der Waals surface area contributed by atoms with E-state index in [9.17, 15) is 4.79 Å². The summed E-state index contributed by atoms with van der Waals surface area (Å²) in [5.74, 6) is 0.881. The molecule has 1 aromatic carbocycles. The van der Waals surface area contributed by atoms with Crippen LogP contribution in [0.25, 0.3) is 0 Å². The summed E-state index contributed by atoms with van der Waals surface area (Å²) in [6.45, 7) is 5.04. The van der Waals surface area contributed by atoms with Crippen LogP contribution in [0.1, 0.15) is 19.8 Å². The molecule has 0 radical (unpaired) electrons. The van der Waals surface area contributed by atoms with Crippen LogP contribution in [0.2, 0.25) is 5.02 Å². The Kier molecular flexibility index (Phi) is 4.61. The lowest BCUT2D eigenvalue weighted by Crippen LogP contribution is -3.14. The summed E-state index contributed by atoms with van der Waals surface area (Å²) in [5.41, 5.74) is 0.775. The third-order valence-electron chi connectivity index (χ3n) is 3.50. The topological polar surface area (TPSA) is 33.5 Å². The van der Waals surface area contributed by atoms with Gasteiger partial charge in [0.2, 0.25) is 0 Å². The van der Waals surface area contributed by atoms with Crippen molar-refractivity contribution in [1.29, 1.82) is 0 Å². The molecule has 1 aliphatic heterocycles. The monoisotopic (exact) mass is 267 g/mol. The van der Waals surface area contributed by atoms with Crippen molar-refractivity contribution in [1.82, 2.24) is 0 Å². The van der Waals surface area contributed by atoms with Crippen LogP contribution in [0.4, 0.5) is 5.69 Å². The lowest BCUT2D eigenvalue weighted by molar-refractivity contribution is -0.897. The minimum atomic E-state index is 0.0711. The molecule has 1 amide bonds. The average Bonchev–Trinajstić information content (AvgIpc) is 2.32. The van der Waals surface area contributed by atoms with Crippen LogP contribution >= 0.6 is 11.6 Å². The number of halogens is 1. The summed E-state index contributed by atoms with van der Waals surface area (Å²) in [6.07, 6.45) is 2.44. The van der Waals surface area contributed by atoms with Crippen LogP contribution in [0.3, 0.4) is 0 Å². The van der Waals surface area contributed by atoms with Crippen LogP contribution in [0.5, 0.6) is 0 Å². The van der Waals surface area contributed by atoms with Gasteiger partial charge in [-0.3, -0.25) is 4.79 Å². The summed E-state index contributed by atoms with van der Waals surface area (Å²) in [4.78, 5) is 13.3. The van der Waals surface area contributed by atoms with E-state index in [0.717, 1.165) is 24.7 Å². The molecule has 0 saturated carbocycles. The van der Waals surface area contributed by atoms with E-state index in [-0.39, 0.29) is 5.91 Å². The number of amides is 1. The smallest absolute Gasteiger partial charge is 0.279 e. The van der Waals surface area contributed by atoms with Gasteiger partial charge in [0.25, 0.3) is 5.91 Å². The van der Waals surface area contributed by atoms with Crippen molar-refractivity contribution in [3.63, 3.8) is 0 Å². The number of hydrogen-bond donors (Lipinski definition) is 2. The maximum atomic E-state index is 11.9. The molecule has 4 heteroatoms. The maximum absolute atomic E-state index is 11.9. The molecule has 18 heavy (non-hydrogen) atoms. The average molecular weight is 268 g/mol. The van der Waals surface area contributed by atoms with Gasteiger partial charge < -0.3 is 10.2 Å². The van der Waals surface area contributed by atoms with Crippen LogP contribution in [0.15, 0.2) is 24.3 Å². The first-order valence-electron chi connectivity index (χ1n) is 6.52. The third kappa shape index (κ3) is 4.00. The van der Waals surface area contributed by atoms with E-state index in [1.807, 2.05) is 12.1 Å². The number of piperidine rings is 1. The Morgan fingerprint density at radius 3 is 2.83 bits per heavy atom. The van der Waals surface area contributed by atoms with E-state index < -0.39 is 0 Å². The van der Waals surface area contributed by atoms with E-state index in [1.54, 1.807) is 12.1 Å². The minimum Gasteiger partial charge on any atom is -0.327 e. The Morgan fingerprint density at radius 1 is 1.44 bits per heavy atom. The van der Waals surface area contributed by atoms with Crippen molar-refractivity contribution in [2.75, 3.05) is 25.0 Å². The van der Waals surface area contributed by atoms with Gasteiger partial charge in [0.05, 0.1) is 13.1 Å². The maximum Gasteiger partial charge on any atom is 0.279 e. The molecule has 0 bridgehead atoms. The zero-order valence-corrected chi connectivity index (χ0v) is 11.5. The predicted octanol–water partition coefficient (Wildman–Crippen LogP) is 1.59. The van der Waals surface area contributed by atoms with Crippen molar-refractivity contribution in [2.24, 2.45) is 5.92 Å². The Hall–Kier alpha value is -1.06. The Balaban J connectivity index is 1.82. The number of quaternary nitrogens is 1. The number of benzene rings is 1. The molecule has 2 N–H and O–H groups in total. The summed E-state index contributed by atoms with van der Waals surface area (Å²) >= 11 is 5.88. The fourth-order valence-corrected chi connectivity index (χ4v) is 2.54. The molecule has 1 fully saturated rings. The number of carbonyl (C=O) groups excluding carboxylic acids is 1. The van der Waals surface area contributed by atoms with Gasteiger partial charge in [0.15, 0.2) is 6.54 Å². The Bertz CT molecular complexity index is 414. The van der Waals surface area contributed by atoms with E-state index >= 15 is 0 Å². The van der Waals surface area contributed by atoms with Gasteiger partial charge >= 0.3 is 0 Å². The molecule has 0 aromatic heterocycles. The lowest BCUT2D eigenvalue weighted by atomic mass is 9.99. The fourth-order valence-electron chi connectivity index (χ4n) is 2.35. The van der Waals surface area contributed by atoms with Crippen LogP contribution in [-0.2, 0) is 4.79 Å². The highest BCUT2D eigenvalue weighted by molar-refractivity contribution is 6.30. The first-order chi connectivity index (χ1) is 8.63.